The predicted octanol–water partition coefficient (Wildman–Crippen LogP) is 1.93. The van der Waals surface area contributed by atoms with Crippen LogP contribution in [-0.2, 0) is 0 Å². The Bertz CT molecular complexity index is 478. The van der Waals surface area contributed by atoms with Crippen molar-refractivity contribution >= 4 is 0 Å². The number of aromatic amines is 1. The molecular formula is C11H14N4O. The topological polar surface area (TPSA) is 76.8 Å². The number of hydrogen-bond donors (Lipinski definition) is 2. The molecule has 0 saturated heterocycles. The first kappa shape index (κ1) is 10.6. The summed E-state index contributed by atoms with van der Waals surface area (Å²) in [5.74, 6) is 1.00. The zero-order chi connectivity index (χ0) is 11.5. The fourth-order valence-corrected chi connectivity index (χ4v) is 1.38. The van der Waals surface area contributed by atoms with Gasteiger partial charge < -0.3 is 10.5 Å². The van der Waals surface area contributed by atoms with Gasteiger partial charge in [0.15, 0.2) is 0 Å². The van der Waals surface area contributed by atoms with Gasteiger partial charge in [-0.05, 0) is 19.9 Å². The summed E-state index contributed by atoms with van der Waals surface area (Å²) in [6.07, 6.45) is 1.67. The standard InChI is InChI=1S/C11H14N4O/c1-7-6-10(15-14-7)16-11-9(8(2)12)4-3-5-13-11/h3-6,8H,12H2,1-2H3,(H,14,15). The van der Waals surface area contributed by atoms with Crippen molar-refractivity contribution in [1.82, 2.24) is 15.2 Å². The van der Waals surface area contributed by atoms with Gasteiger partial charge in [-0.25, -0.2) is 4.98 Å². The van der Waals surface area contributed by atoms with Crippen molar-refractivity contribution in [3.05, 3.63) is 35.7 Å². The van der Waals surface area contributed by atoms with Crippen molar-refractivity contribution in [2.24, 2.45) is 5.73 Å². The Morgan fingerprint density at radius 2 is 2.31 bits per heavy atom. The van der Waals surface area contributed by atoms with Crippen molar-refractivity contribution < 1.29 is 4.74 Å². The summed E-state index contributed by atoms with van der Waals surface area (Å²) >= 11 is 0. The highest BCUT2D eigenvalue weighted by molar-refractivity contribution is 5.31. The minimum absolute atomic E-state index is 0.122. The molecule has 0 fully saturated rings. The Hall–Kier alpha value is -1.88. The first-order valence-corrected chi connectivity index (χ1v) is 5.07. The summed E-state index contributed by atoms with van der Waals surface area (Å²) < 4.78 is 5.56. The molecule has 2 aromatic rings. The number of H-pyrrole nitrogens is 1. The van der Waals surface area contributed by atoms with Crippen LogP contribution in [0.5, 0.6) is 11.8 Å². The van der Waals surface area contributed by atoms with Crippen molar-refractivity contribution in [3.8, 4) is 11.8 Å². The van der Waals surface area contributed by atoms with Crippen molar-refractivity contribution in [1.29, 1.82) is 0 Å². The molecule has 84 valence electrons. The number of pyridine rings is 1. The van der Waals surface area contributed by atoms with Crippen LogP contribution in [0.3, 0.4) is 0 Å². The monoisotopic (exact) mass is 218 g/mol. The lowest BCUT2D eigenvalue weighted by Crippen LogP contribution is -2.07. The molecular weight excluding hydrogens is 204 g/mol. The van der Waals surface area contributed by atoms with Crippen molar-refractivity contribution in [2.75, 3.05) is 0 Å². The minimum atomic E-state index is -0.122. The molecule has 5 heteroatoms. The van der Waals surface area contributed by atoms with E-state index in [0.717, 1.165) is 11.3 Å². The Labute approximate surface area is 93.7 Å². The summed E-state index contributed by atoms with van der Waals surface area (Å²) in [6.45, 7) is 3.80. The molecule has 3 N–H and O–H groups in total. The summed E-state index contributed by atoms with van der Waals surface area (Å²) in [4.78, 5) is 4.15. The van der Waals surface area contributed by atoms with Gasteiger partial charge in [0.05, 0.1) is 0 Å². The third-order valence-electron chi connectivity index (χ3n) is 2.17. The molecule has 0 amide bonds. The molecule has 5 nitrogen and oxygen atoms in total. The van der Waals surface area contributed by atoms with E-state index in [1.165, 1.54) is 0 Å². The third-order valence-corrected chi connectivity index (χ3v) is 2.17. The maximum atomic E-state index is 5.83. The number of nitrogens with zero attached hydrogens (tertiary/aromatic N) is 2. The molecule has 16 heavy (non-hydrogen) atoms. The summed E-state index contributed by atoms with van der Waals surface area (Å²) in [6, 6.07) is 5.41. The average molecular weight is 218 g/mol. The number of aromatic nitrogens is 3. The van der Waals surface area contributed by atoms with Crippen LogP contribution < -0.4 is 10.5 Å². The molecule has 1 atom stereocenters. The number of hydrogen-bond acceptors (Lipinski definition) is 4. The number of nitrogens with one attached hydrogen (secondary N) is 1. The van der Waals surface area contributed by atoms with Gasteiger partial charge in [-0.3, -0.25) is 5.10 Å². The quantitative estimate of drug-likeness (QED) is 0.825. The SMILES string of the molecule is Cc1cc(Oc2ncccc2C(C)N)n[nH]1. The molecule has 0 aliphatic rings. The van der Waals surface area contributed by atoms with E-state index >= 15 is 0 Å². The van der Waals surface area contributed by atoms with Gasteiger partial charge in [0, 0.05) is 29.6 Å². The highest BCUT2D eigenvalue weighted by atomic mass is 16.5. The van der Waals surface area contributed by atoms with E-state index in [1.54, 1.807) is 12.3 Å². The molecule has 2 rings (SSSR count). The van der Waals surface area contributed by atoms with Gasteiger partial charge in [-0.1, -0.05) is 6.07 Å². The summed E-state index contributed by atoms with van der Waals surface area (Å²) in [7, 11) is 0. The van der Waals surface area contributed by atoms with E-state index in [-0.39, 0.29) is 6.04 Å². The second kappa shape index (κ2) is 4.32. The van der Waals surface area contributed by atoms with Gasteiger partial charge in [0.1, 0.15) is 0 Å². The van der Waals surface area contributed by atoms with Crippen LogP contribution in [0.1, 0.15) is 24.2 Å². The highest BCUT2D eigenvalue weighted by Gasteiger charge is 2.10. The van der Waals surface area contributed by atoms with Crippen LogP contribution in [0.4, 0.5) is 0 Å². The molecule has 0 radical (unpaired) electrons. The van der Waals surface area contributed by atoms with E-state index in [4.69, 9.17) is 10.5 Å². The van der Waals surface area contributed by atoms with E-state index in [2.05, 4.69) is 15.2 Å². The maximum Gasteiger partial charge on any atom is 0.240 e. The predicted molar refractivity (Wildman–Crippen MR) is 60.2 cm³/mol. The maximum absolute atomic E-state index is 5.83. The molecule has 0 aliphatic carbocycles. The van der Waals surface area contributed by atoms with Crippen LogP contribution in [0.15, 0.2) is 24.4 Å². The van der Waals surface area contributed by atoms with Gasteiger partial charge in [-0.2, -0.15) is 0 Å². The Morgan fingerprint density at radius 1 is 1.50 bits per heavy atom. The first-order chi connectivity index (χ1) is 7.66. The molecule has 1 unspecified atom stereocenters. The lowest BCUT2D eigenvalue weighted by Gasteiger charge is -2.10. The van der Waals surface area contributed by atoms with Crippen LogP contribution >= 0.6 is 0 Å². The van der Waals surface area contributed by atoms with Crippen molar-refractivity contribution in [3.63, 3.8) is 0 Å². The minimum Gasteiger partial charge on any atom is -0.419 e. The largest absolute Gasteiger partial charge is 0.419 e. The van der Waals surface area contributed by atoms with Crippen LogP contribution in [0.2, 0.25) is 0 Å². The lowest BCUT2D eigenvalue weighted by molar-refractivity contribution is 0.434. The number of nitrogens with two attached hydrogens (primary N) is 1. The smallest absolute Gasteiger partial charge is 0.240 e. The van der Waals surface area contributed by atoms with E-state index in [1.807, 2.05) is 26.0 Å². The van der Waals surface area contributed by atoms with E-state index in [0.29, 0.717) is 11.8 Å². The van der Waals surface area contributed by atoms with Gasteiger partial charge in [0.25, 0.3) is 0 Å². The Balaban J connectivity index is 2.27. The fraction of sp³-hybridized carbons (Fsp3) is 0.273. The van der Waals surface area contributed by atoms with Crippen LogP contribution in [-0.4, -0.2) is 15.2 Å². The van der Waals surface area contributed by atoms with Gasteiger partial charge >= 0.3 is 0 Å². The highest BCUT2D eigenvalue weighted by Crippen LogP contribution is 2.25. The number of ether oxygens (including phenoxy) is 1. The molecule has 2 aromatic heterocycles. The second-order valence-electron chi connectivity index (χ2n) is 3.68. The normalized spacial score (nSPS) is 12.4. The Kier molecular flexibility index (Phi) is 2.87. The first-order valence-electron chi connectivity index (χ1n) is 5.07. The number of aryl methyl sites for hydroxylation is 1. The van der Waals surface area contributed by atoms with Crippen molar-refractivity contribution in [2.45, 2.75) is 19.9 Å². The molecule has 0 saturated carbocycles. The van der Waals surface area contributed by atoms with E-state index < -0.39 is 0 Å². The van der Waals surface area contributed by atoms with E-state index in [9.17, 15) is 0 Å². The molecule has 0 aliphatic heterocycles. The van der Waals surface area contributed by atoms with Crippen LogP contribution in [0.25, 0.3) is 0 Å². The van der Waals surface area contributed by atoms with Crippen LogP contribution in [0, 0.1) is 6.92 Å². The zero-order valence-corrected chi connectivity index (χ0v) is 9.27. The molecule has 2 heterocycles. The second-order valence-corrected chi connectivity index (χ2v) is 3.68. The zero-order valence-electron chi connectivity index (χ0n) is 9.27. The molecule has 0 aromatic carbocycles. The van der Waals surface area contributed by atoms with Gasteiger partial charge in [0.2, 0.25) is 11.8 Å². The summed E-state index contributed by atoms with van der Waals surface area (Å²) in [5.41, 5.74) is 7.63. The average Bonchev–Trinajstić information content (AvgIpc) is 2.64. The van der Waals surface area contributed by atoms with Gasteiger partial charge in [-0.15, -0.1) is 5.10 Å². The molecule has 0 spiro atoms. The summed E-state index contributed by atoms with van der Waals surface area (Å²) in [5, 5.41) is 6.79. The molecule has 0 bridgehead atoms. The number of rotatable bonds is 3. The lowest BCUT2D eigenvalue weighted by atomic mass is 10.1. The fourth-order valence-electron chi connectivity index (χ4n) is 1.38. The third kappa shape index (κ3) is 2.20. The Morgan fingerprint density at radius 3 is 2.94 bits per heavy atom.